The Morgan fingerprint density at radius 3 is 2.65 bits per heavy atom. The third kappa shape index (κ3) is 2.97. The Kier molecular flexibility index (Phi) is 4.42. The number of rotatable bonds is 5. The molecule has 3 aromatic rings. The predicted molar refractivity (Wildman–Crippen MR) is 91.8 cm³/mol. The molecule has 1 N–H and O–H groups in total. The van der Waals surface area contributed by atoms with Gasteiger partial charge in [0, 0.05) is 11.6 Å². The summed E-state index contributed by atoms with van der Waals surface area (Å²) >= 11 is 0. The van der Waals surface area contributed by atoms with Crippen molar-refractivity contribution >= 4 is 10.9 Å². The largest absolute Gasteiger partial charge is 0.507 e. The number of fused-ring (bicyclic) bond motifs is 1. The molecule has 1 aromatic carbocycles. The topological polar surface area (TPSA) is 55.1 Å². The lowest BCUT2D eigenvalue weighted by atomic mass is 10.0. The van der Waals surface area contributed by atoms with Crippen molar-refractivity contribution < 1.29 is 5.11 Å². The van der Waals surface area contributed by atoms with Crippen molar-refractivity contribution in [3.05, 3.63) is 70.3 Å². The van der Waals surface area contributed by atoms with Crippen molar-refractivity contribution in [3.63, 3.8) is 0 Å². The van der Waals surface area contributed by atoms with Gasteiger partial charge < -0.3 is 9.67 Å². The first-order chi connectivity index (χ1) is 11.2. The van der Waals surface area contributed by atoms with Gasteiger partial charge in [0.1, 0.15) is 5.75 Å². The van der Waals surface area contributed by atoms with Crippen LogP contribution in [0.25, 0.3) is 10.9 Å². The van der Waals surface area contributed by atoms with Gasteiger partial charge in [-0.2, -0.15) is 0 Å². The highest BCUT2D eigenvalue weighted by atomic mass is 16.3. The maximum absolute atomic E-state index is 12.9. The quantitative estimate of drug-likeness (QED) is 0.785. The molecule has 23 heavy (non-hydrogen) atoms. The van der Waals surface area contributed by atoms with E-state index < -0.39 is 0 Å². The van der Waals surface area contributed by atoms with E-state index in [0.717, 1.165) is 24.1 Å². The fourth-order valence-electron chi connectivity index (χ4n) is 2.83. The monoisotopic (exact) mass is 308 g/mol. The maximum atomic E-state index is 12.9. The van der Waals surface area contributed by atoms with Crippen LogP contribution >= 0.6 is 0 Å². The lowest BCUT2D eigenvalue weighted by Crippen LogP contribution is -2.25. The summed E-state index contributed by atoms with van der Waals surface area (Å²) in [5.74, 6) is 0.122. The fraction of sp³-hybridized carbons (Fsp3) is 0.263. The summed E-state index contributed by atoms with van der Waals surface area (Å²) in [5, 5.41) is 11.2. The molecule has 0 unspecified atom stereocenters. The summed E-state index contributed by atoms with van der Waals surface area (Å²) in [7, 11) is 0. The van der Waals surface area contributed by atoms with Gasteiger partial charge in [0.15, 0.2) is 0 Å². The molecule has 0 atom stereocenters. The highest BCUT2D eigenvalue weighted by molar-refractivity contribution is 5.86. The Labute approximate surface area is 135 Å². The molecule has 0 fully saturated rings. The molecule has 0 aliphatic rings. The standard InChI is InChI=1S/C19H20N2O2/c1-2-3-9-16-18(22)15-10-4-5-11-17(15)21(19(16)23)13-14-8-6-7-12-20-14/h4-8,10-12,22H,2-3,9,13H2,1H3. The van der Waals surface area contributed by atoms with Crippen LogP contribution in [0.3, 0.4) is 0 Å². The Balaban J connectivity index is 2.20. The molecule has 0 saturated carbocycles. The highest BCUT2D eigenvalue weighted by Gasteiger charge is 2.16. The van der Waals surface area contributed by atoms with E-state index >= 15 is 0 Å². The van der Waals surface area contributed by atoms with Crippen molar-refractivity contribution in [3.8, 4) is 5.75 Å². The SMILES string of the molecule is CCCCc1c(O)c2ccccc2n(Cc2ccccn2)c1=O. The van der Waals surface area contributed by atoms with Crippen molar-refractivity contribution in [2.24, 2.45) is 0 Å². The predicted octanol–water partition coefficient (Wildman–Crippen LogP) is 3.49. The smallest absolute Gasteiger partial charge is 0.258 e. The average Bonchev–Trinajstić information content (AvgIpc) is 2.59. The third-order valence-corrected chi connectivity index (χ3v) is 4.07. The molecule has 0 bridgehead atoms. The van der Waals surface area contributed by atoms with Crippen LogP contribution in [0.1, 0.15) is 31.0 Å². The van der Waals surface area contributed by atoms with Gasteiger partial charge in [0.25, 0.3) is 5.56 Å². The summed E-state index contributed by atoms with van der Waals surface area (Å²) in [5.41, 5.74) is 1.94. The first kappa shape index (κ1) is 15.3. The maximum Gasteiger partial charge on any atom is 0.258 e. The molecule has 0 saturated heterocycles. The molecule has 0 spiro atoms. The summed E-state index contributed by atoms with van der Waals surface area (Å²) in [6, 6.07) is 13.1. The zero-order valence-electron chi connectivity index (χ0n) is 13.2. The minimum absolute atomic E-state index is 0.122. The number of nitrogens with zero attached hydrogens (tertiary/aromatic N) is 2. The van der Waals surface area contributed by atoms with Gasteiger partial charge in [-0.1, -0.05) is 31.5 Å². The molecule has 118 valence electrons. The molecular weight excluding hydrogens is 288 g/mol. The van der Waals surface area contributed by atoms with Crippen LogP contribution in [0.2, 0.25) is 0 Å². The molecule has 0 radical (unpaired) electrons. The molecular formula is C19H20N2O2. The van der Waals surface area contributed by atoms with E-state index in [-0.39, 0.29) is 11.3 Å². The highest BCUT2D eigenvalue weighted by Crippen LogP contribution is 2.27. The molecule has 0 amide bonds. The van der Waals surface area contributed by atoms with Crippen LogP contribution in [-0.2, 0) is 13.0 Å². The Bertz CT molecular complexity index is 870. The molecule has 2 heterocycles. The van der Waals surface area contributed by atoms with E-state index in [1.165, 1.54) is 0 Å². The zero-order valence-corrected chi connectivity index (χ0v) is 13.2. The van der Waals surface area contributed by atoms with E-state index in [1.54, 1.807) is 10.8 Å². The lowest BCUT2D eigenvalue weighted by molar-refractivity contribution is 0.469. The van der Waals surface area contributed by atoms with E-state index in [9.17, 15) is 9.90 Å². The molecule has 0 aliphatic heterocycles. The second-order valence-corrected chi connectivity index (χ2v) is 5.66. The number of benzene rings is 1. The van der Waals surface area contributed by atoms with E-state index in [4.69, 9.17) is 0 Å². The minimum atomic E-state index is -0.125. The Morgan fingerprint density at radius 2 is 1.91 bits per heavy atom. The summed E-state index contributed by atoms with van der Waals surface area (Å²) in [6.45, 7) is 2.48. The molecule has 3 rings (SSSR count). The molecule has 4 nitrogen and oxygen atoms in total. The second kappa shape index (κ2) is 6.65. The Morgan fingerprint density at radius 1 is 1.13 bits per heavy atom. The van der Waals surface area contributed by atoms with Crippen molar-refractivity contribution in [2.45, 2.75) is 32.7 Å². The van der Waals surface area contributed by atoms with Crippen molar-refractivity contribution in [1.82, 2.24) is 9.55 Å². The van der Waals surface area contributed by atoms with Crippen molar-refractivity contribution in [1.29, 1.82) is 0 Å². The number of aromatic hydroxyl groups is 1. The number of pyridine rings is 2. The van der Waals surface area contributed by atoms with Crippen molar-refractivity contribution in [2.75, 3.05) is 0 Å². The van der Waals surface area contributed by atoms with Gasteiger partial charge in [-0.05, 0) is 37.1 Å². The minimum Gasteiger partial charge on any atom is -0.507 e. The normalized spacial score (nSPS) is 11.0. The molecule has 2 aromatic heterocycles. The number of para-hydroxylation sites is 1. The van der Waals surface area contributed by atoms with Gasteiger partial charge in [-0.15, -0.1) is 0 Å². The lowest BCUT2D eigenvalue weighted by Gasteiger charge is -2.14. The van der Waals surface area contributed by atoms with Crippen LogP contribution in [0.4, 0.5) is 0 Å². The molecule has 4 heteroatoms. The second-order valence-electron chi connectivity index (χ2n) is 5.66. The number of aromatic nitrogens is 2. The van der Waals surface area contributed by atoms with E-state index in [2.05, 4.69) is 11.9 Å². The van der Waals surface area contributed by atoms with Crippen LogP contribution < -0.4 is 5.56 Å². The summed E-state index contributed by atoms with van der Waals surface area (Å²) < 4.78 is 1.71. The zero-order chi connectivity index (χ0) is 16.2. The van der Waals surface area contributed by atoms with Crippen LogP contribution in [-0.4, -0.2) is 14.7 Å². The van der Waals surface area contributed by atoms with Crippen LogP contribution in [0.5, 0.6) is 5.75 Å². The Hall–Kier alpha value is -2.62. The van der Waals surface area contributed by atoms with Gasteiger partial charge in [0.05, 0.1) is 23.3 Å². The summed E-state index contributed by atoms with van der Waals surface area (Å²) in [6.07, 6.45) is 4.17. The van der Waals surface area contributed by atoms with Gasteiger partial charge >= 0.3 is 0 Å². The third-order valence-electron chi connectivity index (χ3n) is 4.07. The first-order valence-corrected chi connectivity index (χ1v) is 7.95. The summed E-state index contributed by atoms with van der Waals surface area (Å²) in [4.78, 5) is 17.2. The average molecular weight is 308 g/mol. The van der Waals surface area contributed by atoms with Gasteiger partial charge in [-0.3, -0.25) is 9.78 Å². The van der Waals surface area contributed by atoms with Gasteiger partial charge in [-0.25, -0.2) is 0 Å². The first-order valence-electron chi connectivity index (χ1n) is 7.95. The number of hydrogen-bond donors (Lipinski definition) is 1. The van der Waals surface area contributed by atoms with Gasteiger partial charge in [0.2, 0.25) is 0 Å². The van der Waals surface area contributed by atoms with Crippen LogP contribution in [0.15, 0.2) is 53.5 Å². The van der Waals surface area contributed by atoms with E-state index in [1.807, 2.05) is 42.5 Å². The molecule has 0 aliphatic carbocycles. The number of unbranched alkanes of at least 4 members (excludes halogenated alkanes) is 1. The number of hydrogen-bond acceptors (Lipinski definition) is 3. The fourth-order valence-corrected chi connectivity index (χ4v) is 2.83. The van der Waals surface area contributed by atoms with E-state index in [0.29, 0.717) is 23.9 Å². The van der Waals surface area contributed by atoms with Crippen LogP contribution in [0, 0.1) is 0 Å².